The lowest BCUT2D eigenvalue weighted by atomic mass is 9.97. The smallest absolute Gasteiger partial charge is 0.340 e. The van der Waals surface area contributed by atoms with Crippen LogP contribution in [0.15, 0.2) is 139 Å². The molecule has 0 aliphatic rings. The number of nitrogens with one attached hydrogen (secondary N) is 2. The Morgan fingerprint density at radius 2 is 1.15 bits per heavy atom. The summed E-state index contributed by atoms with van der Waals surface area (Å²) in [7, 11) is 0. The van der Waals surface area contributed by atoms with Crippen molar-refractivity contribution in [3.63, 3.8) is 0 Å². The maximum atomic E-state index is 13.5. The molecule has 0 saturated carbocycles. The van der Waals surface area contributed by atoms with Crippen LogP contribution >= 0.6 is 23.2 Å². The van der Waals surface area contributed by atoms with E-state index < -0.39 is 6.03 Å². The largest absolute Gasteiger partial charge is 0.494 e. The average Bonchev–Trinajstić information content (AvgIpc) is 3.26. The Morgan fingerprint density at radius 3 is 1.56 bits per heavy atom. The van der Waals surface area contributed by atoms with E-state index in [2.05, 4.69) is 32.7 Å². The molecule has 0 bridgehead atoms. The van der Waals surface area contributed by atoms with Gasteiger partial charge >= 0.3 is 6.03 Å². The van der Waals surface area contributed by atoms with Crippen LogP contribution in [0.3, 0.4) is 0 Å². The van der Waals surface area contributed by atoms with Crippen molar-refractivity contribution in [3.8, 4) is 40.1 Å². The molecule has 0 radical (unpaired) electrons. The number of hydrogen-bond acceptors (Lipinski definition) is 11. The van der Waals surface area contributed by atoms with Crippen LogP contribution in [0.4, 0.5) is 33.8 Å². The molecule has 0 atom stereocenters. The van der Waals surface area contributed by atoms with E-state index in [1.807, 2.05) is 19.1 Å². The van der Waals surface area contributed by atoms with Crippen LogP contribution in [-0.2, 0) is 0 Å². The second kappa shape index (κ2) is 18.0. The van der Waals surface area contributed by atoms with E-state index in [9.17, 15) is 15.3 Å². The second-order valence-corrected chi connectivity index (χ2v) is 13.3. The van der Waals surface area contributed by atoms with Gasteiger partial charge in [0.05, 0.1) is 35.6 Å². The van der Waals surface area contributed by atoms with Crippen LogP contribution in [0.1, 0.15) is 29.4 Å². The molecule has 2 amide bonds. The number of amides is 2. The molecule has 59 heavy (non-hydrogen) atoms. The van der Waals surface area contributed by atoms with Gasteiger partial charge in [-0.2, -0.15) is 20.6 Å². The van der Waals surface area contributed by atoms with Gasteiger partial charge in [-0.05, 0) is 91.9 Å². The normalized spacial score (nSPS) is 10.5. The third kappa shape index (κ3) is 9.09. The summed E-state index contributed by atoms with van der Waals surface area (Å²) >= 11 is 13.7. The minimum absolute atomic E-state index is 0.0538. The van der Waals surface area contributed by atoms with Gasteiger partial charge in [-0.3, -0.25) is 0 Å². The Kier molecular flexibility index (Phi) is 12.0. The van der Waals surface area contributed by atoms with Gasteiger partial charge in [0, 0.05) is 56.1 Å². The number of nitrogens with zero attached hydrogens (tertiary/aromatic N) is 8. The molecule has 7 aromatic rings. The second-order valence-electron chi connectivity index (χ2n) is 12.5. The topological polar surface area (TPSA) is 191 Å². The maximum absolute atomic E-state index is 13.5. The lowest BCUT2D eigenvalue weighted by Gasteiger charge is -2.21. The molecule has 13 nitrogen and oxygen atoms in total. The van der Waals surface area contributed by atoms with E-state index in [-0.39, 0.29) is 29.0 Å². The van der Waals surface area contributed by atoms with E-state index in [4.69, 9.17) is 48.7 Å². The van der Waals surface area contributed by atoms with Crippen LogP contribution in [0, 0.1) is 22.7 Å². The number of nitrogens with two attached hydrogens (primary N) is 1. The summed E-state index contributed by atoms with van der Waals surface area (Å²) in [5.41, 5.74) is 11.0. The number of urea groups is 1. The standard InChI is InChI=1S/C44H31Cl2N11O2/c1-2-59-32-21-19-31(20-22-32)57(42(49)58)56-41(39-35(33-7-3-5-9-37(33)45)25-50-43(54-39)52-29-15-11-27(23-47)12-16-29)40-36(34-8-4-6-10-38(34)46)26-51-44(55-40)53-30-17-13-28(24-48)14-18-30/h3-22,25-26H,2H2,1H3,(H2,49,58)(H,50,52,54)(H,51,53,55). The van der Waals surface area contributed by atoms with E-state index >= 15 is 0 Å². The van der Waals surface area contributed by atoms with Crippen LogP contribution in [-0.4, -0.2) is 38.3 Å². The molecule has 0 unspecified atom stereocenters. The number of ether oxygens (including phenoxy) is 1. The monoisotopic (exact) mass is 815 g/mol. The van der Waals surface area contributed by atoms with Crippen molar-refractivity contribution in [3.05, 3.63) is 166 Å². The molecular weight excluding hydrogens is 785 g/mol. The first-order valence-electron chi connectivity index (χ1n) is 17.9. The van der Waals surface area contributed by atoms with Crippen LogP contribution < -0.4 is 26.1 Å². The molecule has 15 heteroatoms. The number of nitriles is 2. The highest BCUT2D eigenvalue weighted by Crippen LogP contribution is 2.36. The zero-order valence-electron chi connectivity index (χ0n) is 31.1. The van der Waals surface area contributed by atoms with E-state index in [0.717, 1.165) is 5.01 Å². The fourth-order valence-corrected chi connectivity index (χ4v) is 6.38. The number of anilines is 5. The summed E-state index contributed by atoms with van der Waals surface area (Å²) in [6.07, 6.45) is 3.17. The SMILES string of the molecule is CCOc1ccc(N(N=C(c2nc(Nc3ccc(C#N)cc3)ncc2-c2ccccc2Cl)c2nc(Nc3ccc(C#N)cc3)ncc2-c2ccccc2Cl)C(N)=O)cc1. The van der Waals surface area contributed by atoms with Crippen molar-refractivity contribution in [1.82, 2.24) is 19.9 Å². The molecule has 7 rings (SSSR count). The predicted molar refractivity (Wildman–Crippen MR) is 229 cm³/mol. The highest BCUT2D eigenvalue weighted by molar-refractivity contribution is 6.34. The quantitative estimate of drug-likeness (QED) is 0.0790. The van der Waals surface area contributed by atoms with Crippen molar-refractivity contribution in [1.29, 1.82) is 10.5 Å². The predicted octanol–water partition coefficient (Wildman–Crippen LogP) is 9.87. The van der Waals surface area contributed by atoms with Gasteiger partial charge in [-0.15, -0.1) is 0 Å². The van der Waals surface area contributed by atoms with Crippen molar-refractivity contribution < 1.29 is 9.53 Å². The first kappa shape index (κ1) is 39.4. The van der Waals surface area contributed by atoms with Crippen molar-refractivity contribution in [2.75, 3.05) is 22.2 Å². The molecule has 0 aliphatic carbocycles. The van der Waals surface area contributed by atoms with Crippen LogP contribution in [0.25, 0.3) is 22.3 Å². The molecule has 2 heterocycles. The number of halogens is 2. The van der Waals surface area contributed by atoms with E-state index in [1.165, 1.54) is 0 Å². The van der Waals surface area contributed by atoms with Gasteiger partial charge in [-0.1, -0.05) is 59.6 Å². The Morgan fingerprint density at radius 1 is 0.695 bits per heavy atom. The average molecular weight is 817 g/mol. The van der Waals surface area contributed by atoms with Crippen molar-refractivity contribution in [2.24, 2.45) is 10.8 Å². The summed E-state index contributed by atoms with van der Waals surface area (Å²) < 4.78 is 5.65. The molecule has 288 valence electrons. The third-order valence-corrected chi connectivity index (χ3v) is 9.35. The Balaban J connectivity index is 1.53. The van der Waals surface area contributed by atoms with Gasteiger partial charge in [0.2, 0.25) is 11.9 Å². The number of rotatable bonds is 12. The maximum Gasteiger partial charge on any atom is 0.340 e. The number of carbonyl (C=O) groups excluding carboxylic acids is 1. The molecule has 0 saturated heterocycles. The summed E-state index contributed by atoms with van der Waals surface area (Å²) in [4.78, 5) is 32.8. The van der Waals surface area contributed by atoms with Crippen molar-refractivity contribution in [2.45, 2.75) is 6.92 Å². The highest BCUT2D eigenvalue weighted by atomic mass is 35.5. The lowest BCUT2D eigenvalue weighted by molar-refractivity contribution is 0.254. The van der Waals surface area contributed by atoms with E-state index in [0.29, 0.717) is 72.8 Å². The highest BCUT2D eigenvalue weighted by Gasteiger charge is 2.27. The number of aromatic nitrogens is 4. The zero-order valence-corrected chi connectivity index (χ0v) is 32.6. The molecular formula is C44H31Cl2N11O2. The molecule has 0 fully saturated rings. The van der Waals surface area contributed by atoms with Crippen LogP contribution in [0.2, 0.25) is 10.0 Å². The number of hydrogen-bond donors (Lipinski definition) is 3. The summed E-state index contributed by atoms with van der Waals surface area (Å²) in [5, 5.41) is 31.9. The van der Waals surface area contributed by atoms with Gasteiger partial charge in [0.25, 0.3) is 0 Å². The number of hydrazone groups is 1. The molecule has 0 aliphatic heterocycles. The summed E-state index contributed by atoms with van der Waals surface area (Å²) in [6.45, 7) is 2.31. The first-order chi connectivity index (χ1) is 28.7. The number of carbonyl (C=O) groups is 1. The summed E-state index contributed by atoms with van der Waals surface area (Å²) in [6, 6.07) is 37.8. The molecule has 0 spiro atoms. The van der Waals surface area contributed by atoms with Gasteiger partial charge in [-0.25, -0.2) is 24.7 Å². The minimum Gasteiger partial charge on any atom is -0.494 e. The Labute approximate surface area is 349 Å². The summed E-state index contributed by atoms with van der Waals surface area (Å²) in [5.74, 6) is 0.865. The molecule has 2 aromatic heterocycles. The number of benzene rings is 5. The first-order valence-corrected chi connectivity index (χ1v) is 18.7. The zero-order chi connectivity index (χ0) is 41.3. The molecule has 4 N–H and O–H groups in total. The van der Waals surface area contributed by atoms with E-state index in [1.54, 1.807) is 122 Å². The Bertz CT molecular complexity index is 2610. The minimum atomic E-state index is -0.916. The fraction of sp³-hybridized carbons (Fsp3) is 0.0455. The molecule has 5 aromatic carbocycles. The van der Waals surface area contributed by atoms with Gasteiger partial charge in [0.1, 0.15) is 22.8 Å². The Hall–Kier alpha value is -7.84. The third-order valence-electron chi connectivity index (χ3n) is 8.70. The fourth-order valence-electron chi connectivity index (χ4n) is 5.90. The van der Waals surface area contributed by atoms with Gasteiger partial charge < -0.3 is 21.1 Å². The van der Waals surface area contributed by atoms with Crippen molar-refractivity contribution >= 4 is 63.9 Å². The lowest BCUT2D eigenvalue weighted by Crippen LogP contribution is -2.33. The van der Waals surface area contributed by atoms with Crippen LogP contribution in [0.5, 0.6) is 5.75 Å². The van der Waals surface area contributed by atoms with Gasteiger partial charge in [0.15, 0.2) is 0 Å². The number of primary amides is 1.